The molecule has 1 saturated heterocycles. The second-order valence-electron chi connectivity index (χ2n) is 9.78. The number of nitrogens with one attached hydrogen (secondary N) is 2. The Labute approximate surface area is 229 Å². The first-order valence-electron chi connectivity index (χ1n) is 13.2. The molecule has 0 unspecified atom stereocenters. The summed E-state index contributed by atoms with van der Waals surface area (Å²) in [5.41, 5.74) is 1.88. The van der Waals surface area contributed by atoms with Gasteiger partial charge in [0, 0.05) is 37.7 Å². The minimum absolute atomic E-state index is 0.0191. The lowest BCUT2D eigenvalue weighted by Crippen LogP contribution is -2.53. The van der Waals surface area contributed by atoms with Crippen LogP contribution >= 0.6 is 12.2 Å². The van der Waals surface area contributed by atoms with Gasteiger partial charge >= 0.3 is 6.09 Å². The van der Waals surface area contributed by atoms with Gasteiger partial charge in [-0.25, -0.2) is 9.80 Å². The number of unbranched alkanes of at least 4 members (excludes halogenated alkanes) is 1. The second kappa shape index (κ2) is 12.9. The molecular formula is C27H37N5O5S. The SMILES string of the molecule is COc1ccc(C2=NN(C3CCN(C(=S)NCCCCNC(=O)O)CC3)C(=O)[C@@H]3CC=CC[C@H]23)cc1OC. The van der Waals surface area contributed by atoms with Crippen molar-refractivity contribution in [2.45, 2.75) is 44.6 Å². The van der Waals surface area contributed by atoms with Crippen molar-refractivity contribution in [1.82, 2.24) is 20.5 Å². The van der Waals surface area contributed by atoms with Crippen LogP contribution in [-0.2, 0) is 4.79 Å². The van der Waals surface area contributed by atoms with Crippen molar-refractivity contribution < 1.29 is 24.2 Å². The molecule has 2 atom stereocenters. The number of carboxylic acid groups (broad SMARTS) is 1. The van der Waals surface area contributed by atoms with Crippen LogP contribution in [0.2, 0.25) is 0 Å². The number of fused-ring (bicyclic) bond motifs is 1. The molecule has 3 N–H and O–H groups in total. The Hall–Kier alpha value is -3.34. The first-order valence-corrected chi connectivity index (χ1v) is 13.6. The van der Waals surface area contributed by atoms with Gasteiger partial charge in [0.2, 0.25) is 5.91 Å². The van der Waals surface area contributed by atoms with Gasteiger partial charge in [-0.05, 0) is 68.9 Å². The zero-order chi connectivity index (χ0) is 27.1. The molecule has 0 spiro atoms. The molecule has 0 saturated carbocycles. The van der Waals surface area contributed by atoms with Gasteiger partial charge in [-0.2, -0.15) is 5.10 Å². The van der Waals surface area contributed by atoms with Gasteiger partial charge in [0.1, 0.15) is 0 Å². The second-order valence-corrected chi connectivity index (χ2v) is 10.2. The van der Waals surface area contributed by atoms with E-state index in [1.54, 1.807) is 19.2 Å². The van der Waals surface area contributed by atoms with E-state index in [1.165, 1.54) is 0 Å². The molecule has 2 heterocycles. The van der Waals surface area contributed by atoms with Gasteiger partial charge in [0.25, 0.3) is 0 Å². The van der Waals surface area contributed by atoms with Crippen molar-refractivity contribution >= 4 is 35.0 Å². The number of benzene rings is 1. The molecule has 2 aliphatic heterocycles. The lowest BCUT2D eigenvalue weighted by molar-refractivity contribution is -0.141. The summed E-state index contributed by atoms with van der Waals surface area (Å²) >= 11 is 5.58. The number of methoxy groups -OCH3 is 2. The van der Waals surface area contributed by atoms with Crippen LogP contribution < -0.4 is 20.1 Å². The molecular weight excluding hydrogens is 506 g/mol. The van der Waals surface area contributed by atoms with Gasteiger partial charge < -0.3 is 30.1 Å². The van der Waals surface area contributed by atoms with E-state index < -0.39 is 6.09 Å². The van der Waals surface area contributed by atoms with E-state index in [1.807, 2.05) is 18.2 Å². The highest BCUT2D eigenvalue weighted by Gasteiger charge is 2.43. The predicted molar refractivity (Wildman–Crippen MR) is 149 cm³/mol. The van der Waals surface area contributed by atoms with E-state index in [0.717, 1.165) is 62.9 Å². The molecule has 1 aromatic carbocycles. The fraction of sp³-hybridized carbons (Fsp3) is 0.556. The van der Waals surface area contributed by atoms with Crippen molar-refractivity contribution in [2.75, 3.05) is 40.4 Å². The molecule has 0 radical (unpaired) electrons. The minimum atomic E-state index is -1.00. The van der Waals surface area contributed by atoms with E-state index in [4.69, 9.17) is 31.9 Å². The number of nitrogens with zero attached hydrogens (tertiary/aromatic N) is 3. The Morgan fingerprint density at radius 2 is 1.71 bits per heavy atom. The Morgan fingerprint density at radius 3 is 2.37 bits per heavy atom. The average Bonchev–Trinajstić information content (AvgIpc) is 2.94. The molecule has 11 heteroatoms. The highest BCUT2D eigenvalue weighted by atomic mass is 32.1. The summed E-state index contributed by atoms with van der Waals surface area (Å²) in [7, 11) is 3.24. The normalized spacial score (nSPS) is 21.4. The van der Waals surface area contributed by atoms with Crippen LogP contribution in [0.5, 0.6) is 11.5 Å². The monoisotopic (exact) mass is 543 g/mol. The molecule has 1 aromatic rings. The van der Waals surface area contributed by atoms with Crippen LogP contribution in [0, 0.1) is 11.8 Å². The molecule has 0 aromatic heterocycles. The van der Waals surface area contributed by atoms with Crippen molar-refractivity contribution in [3.8, 4) is 11.5 Å². The molecule has 38 heavy (non-hydrogen) atoms. The van der Waals surface area contributed by atoms with Gasteiger partial charge in [-0.3, -0.25) is 4.79 Å². The summed E-state index contributed by atoms with van der Waals surface area (Å²) in [5.74, 6) is 1.35. The first-order chi connectivity index (χ1) is 18.4. The largest absolute Gasteiger partial charge is 0.493 e. The van der Waals surface area contributed by atoms with Crippen LogP contribution in [0.15, 0.2) is 35.5 Å². The third-order valence-corrected chi connectivity index (χ3v) is 7.88. The number of carbonyl (C=O) groups excluding carboxylic acids is 1. The highest BCUT2D eigenvalue weighted by Crippen LogP contribution is 2.38. The zero-order valence-corrected chi connectivity index (χ0v) is 22.8. The van der Waals surface area contributed by atoms with E-state index in [-0.39, 0.29) is 23.8 Å². The van der Waals surface area contributed by atoms with E-state index in [2.05, 4.69) is 27.7 Å². The van der Waals surface area contributed by atoms with Crippen molar-refractivity contribution in [2.24, 2.45) is 16.9 Å². The fourth-order valence-corrected chi connectivity index (χ4v) is 5.68. The molecule has 3 aliphatic rings. The number of carbonyl (C=O) groups is 2. The Balaban J connectivity index is 1.41. The number of ether oxygens (including phenoxy) is 2. The van der Waals surface area contributed by atoms with Gasteiger partial charge in [0.05, 0.1) is 31.9 Å². The first kappa shape index (κ1) is 27.7. The molecule has 1 fully saturated rings. The van der Waals surface area contributed by atoms with Gasteiger partial charge in [-0.1, -0.05) is 12.2 Å². The third-order valence-electron chi connectivity index (χ3n) is 7.47. The average molecular weight is 544 g/mol. The Morgan fingerprint density at radius 1 is 1.05 bits per heavy atom. The van der Waals surface area contributed by atoms with Crippen molar-refractivity contribution in [3.05, 3.63) is 35.9 Å². The van der Waals surface area contributed by atoms with E-state index in [0.29, 0.717) is 29.7 Å². The lowest BCUT2D eigenvalue weighted by atomic mass is 9.76. The number of hydrazone groups is 1. The third kappa shape index (κ3) is 6.38. The lowest BCUT2D eigenvalue weighted by Gasteiger charge is -2.43. The maximum Gasteiger partial charge on any atom is 0.404 e. The van der Waals surface area contributed by atoms with Crippen LogP contribution in [-0.4, -0.2) is 84.3 Å². The number of hydrogen-bond donors (Lipinski definition) is 3. The molecule has 206 valence electrons. The molecule has 10 nitrogen and oxygen atoms in total. The Bertz CT molecular complexity index is 1090. The summed E-state index contributed by atoms with van der Waals surface area (Å²) in [6.07, 6.45) is 7.91. The fourth-order valence-electron chi connectivity index (χ4n) is 5.39. The maximum absolute atomic E-state index is 13.6. The van der Waals surface area contributed by atoms with Crippen LogP contribution in [0.25, 0.3) is 0 Å². The zero-order valence-electron chi connectivity index (χ0n) is 22.0. The number of likely N-dealkylation sites (tertiary alicyclic amines) is 1. The molecule has 4 rings (SSSR count). The highest BCUT2D eigenvalue weighted by molar-refractivity contribution is 7.80. The maximum atomic E-state index is 13.6. The summed E-state index contributed by atoms with van der Waals surface area (Å²) in [6, 6.07) is 5.85. The van der Waals surface area contributed by atoms with Crippen LogP contribution in [0.1, 0.15) is 44.1 Å². The van der Waals surface area contributed by atoms with E-state index >= 15 is 0 Å². The summed E-state index contributed by atoms with van der Waals surface area (Å²) in [5, 5.41) is 21.7. The topological polar surface area (TPSA) is 116 Å². The summed E-state index contributed by atoms with van der Waals surface area (Å²) < 4.78 is 10.9. The number of hydrogen-bond acceptors (Lipinski definition) is 6. The summed E-state index contributed by atoms with van der Waals surface area (Å²) in [4.78, 5) is 26.2. The standard InChI is InChI=1S/C27H37N5O5S/c1-36-22-10-9-18(17-23(22)37-2)24-20-7-3-4-8-21(20)25(33)32(30-24)19-11-15-31(16-12-19)26(38)28-13-5-6-14-29-27(34)35/h3-4,9-10,17,19-21,29H,5-8,11-16H2,1-2H3,(H,28,38)(H,34,35)/t20-,21+/m0/s1. The number of amides is 2. The quantitative estimate of drug-likeness (QED) is 0.247. The molecule has 2 amide bonds. The van der Waals surface area contributed by atoms with Crippen molar-refractivity contribution in [3.63, 3.8) is 0 Å². The van der Waals surface area contributed by atoms with Crippen LogP contribution in [0.3, 0.4) is 0 Å². The van der Waals surface area contributed by atoms with E-state index in [9.17, 15) is 9.59 Å². The van der Waals surface area contributed by atoms with Crippen LogP contribution in [0.4, 0.5) is 4.79 Å². The molecule has 0 bridgehead atoms. The molecule has 1 aliphatic carbocycles. The number of piperidine rings is 1. The smallest absolute Gasteiger partial charge is 0.404 e. The van der Waals surface area contributed by atoms with Crippen molar-refractivity contribution in [1.29, 1.82) is 0 Å². The number of thiocarbonyl (C=S) groups is 1. The Kier molecular flexibility index (Phi) is 9.43. The number of rotatable bonds is 9. The van der Waals surface area contributed by atoms with Gasteiger partial charge in [-0.15, -0.1) is 0 Å². The number of allylic oxidation sites excluding steroid dienone is 2. The predicted octanol–water partition coefficient (Wildman–Crippen LogP) is 3.22. The minimum Gasteiger partial charge on any atom is -0.493 e. The summed E-state index contributed by atoms with van der Waals surface area (Å²) in [6.45, 7) is 2.62. The van der Waals surface area contributed by atoms with Gasteiger partial charge in [0.15, 0.2) is 16.6 Å².